The van der Waals surface area contributed by atoms with Crippen molar-refractivity contribution in [1.82, 2.24) is 0 Å². The molecule has 0 amide bonds. The standard InChI is InChI=1S/C19H42O3Si2/c1-16(21-23(8,9)18(2,3)4)17(14-12-13-15-20)22-24(10,11)19(5,6)7/h15-17H,12-14H2,1-11H3/t16-,17+/m0/s1. The molecule has 0 aromatic rings. The Balaban J connectivity index is 5.22. The van der Waals surface area contributed by atoms with Gasteiger partial charge in [-0.15, -0.1) is 0 Å². The summed E-state index contributed by atoms with van der Waals surface area (Å²) in [5, 5.41) is 0.359. The predicted molar refractivity (Wildman–Crippen MR) is 110 cm³/mol. The van der Waals surface area contributed by atoms with Crippen LogP contribution in [0.2, 0.25) is 36.3 Å². The van der Waals surface area contributed by atoms with Crippen LogP contribution in [0.15, 0.2) is 0 Å². The molecular weight excluding hydrogens is 332 g/mol. The quantitative estimate of drug-likeness (QED) is 0.275. The summed E-state index contributed by atoms with van der Waals surface area (Å²) in [6.45, 7) is 24.9. The normalized spacial score (nSPS) is 16.8. The van der Waals surface area contributed by atoms with Gasteiger partial charge in [-0.05, 0) is 56.0 Å². The zero-order chi connectivity index (χ0) is 19.4. The second-order valence-electron chi connectivity index (χ2n) is 10.1. The minimum absolute atomic E-state index is 0.0617. The highest BCUT2D eigenvalue weighted by Crippen LogP contribution is 2.40. The summed E-state index contributed by atoms with van der Waals surface area (Å²) in [6.07, 6.45) is 3.49. The molecule has 0 spiro atoms. The monoisotopic (exact) mass is 374 g/mol. The van der Waals surface area contributed by atoms with Gasteiger partial charge in [0.05, 0.1) is 12.2 Å². The molecule has 2 atom stereocenters. The van der Waals surface area contributed by atoms with E-state index in [9.17, 15) is 4.79 Å². The smallest absolute Gasteiger partial charge is 0.192 e. The van der Waals surface area contributed by atoms with Gasteiger partial charge < -0.3 is 13.6 Å². The van der Waals surface area contributed by atoms with Gasteiger partial charge in [0, 0.05) is 6.42 Å². The van der Waals surface area contributed by atoms with E-state index in [2.05, 4.69) is 74.7 Å². The van der Waals surface area contributed by atoms with Gasteiger partial charge in [-0.25, -0.2) is 0 Å². The lowest BCUT2D eigenvalue weighted by atomic mass is 10.1. The lowest BCUT2D eigenvalue weighted by molar-refractivity contribution is -0.108. The third-order valence-corrected chi connectivity index (χ3v) is 15.0. The summed E-state index contributed by atoms with van der Waals surface area (Å²) in [6, 6.07) is 0. The average molecular weight is 375 g/mol. The largest absolute Gasteiger partial charge is 0.412 e. The molecule has 0 N–H and O–H groups in total. The SMILES string of the molecule is C[C@H](O[Si](C)(C)C(C)(C)C)[C@@H](CCCC=O)O[Si](C)(C)C(C)(C)C. The Labute approximate surface area is 153 Å². The Morgan fingerprint density at radius 2 is 1.29 bits per heavy atom. The van der Waals surface area contributed by atoms with E-state index in [0.717, 1.165) is 19.1 Å². The van der Waals surface area contributed by atoms with Crippen molar-refractivity contribution in [2.45, 2.75) is 116 Å². The molecule has 0 aromatic heterocycles. The van der Waals surface area contributed by atoms with Gasteiger partial charge in [0.1, 0.15) is 6.29 Å². The predicted octanol–water partition coefficient (Wildman–Crippen LogP) is 6.16. The van der Waals surface area contributed by atoms with E-state index < -0.39 is 16.6 Å². The summed E-state index contributed by atoms with van der Waals surface area (Å²) in [5.74, 6) is 0. The fourth-order valence-corrected chi connectivity index (χ4v) is 4.92. The highest BCUT2D eigenvalue weighted by atomic mass is 28.4. The molecule has 0 rings (SSSR count). The third-order valence-electron chi connectivity index (χ3n) is 5.87. The molecule has 0 fully saturated rings. The minimum Gasteiger partial charge on any atom is -0.412 e. The van der Waals surface area contributed by atoms with Crippen LogP contribution in [0, 0.1) is 0 Å². The van der Waals surface area contributed by atoms with Gasteiger partial charge >= 0.3 is 0 Å². The molecule has 0 aliphatic rings. The Hall–Kier alpha value is 0.0238. The van der Waals surface area contributed by atoms with Crippen molar-refractivity contribution in [3.05, 3.63) is 0 Å². The molecule has 0 unspecified atom stereocenters. The van der Waals surface area contributed by atoms with E-state index in [4.69, 9.17) is 8.85 Å². The number of unbranched alkanes of at least 4 members (excludes halogenated alkanes) is 1. The van der Waals surface area contributed by atoms with Gasteiger partial charge in [0.25, 0.3) is 0 Å². The maximum atomic E-state index is 10.7. The first-order valence-corrected chi connectivity index (χ1v) is 15.2. The highest BCUT2D eigenvalue weighted by Gasteiger charge is 2.43. The Morgan fingerprint density at radius 1 is 0.875 bits per heavy atom. The molecule has 0 aliphatic carbocycles. The van der Waals surface area contributed by atoms with E-state index in [-0.39, 0.29) is 22.3 Å². The highest BCUT2D eigenvalue weighted by molar-refractivity contribution is 6.74. The lowest BCUT2D eigenvalue weighted by Gasteiger charge is -2.44. The van der Waals surface area contributed by atoms with Gasteiger partial charge in [-0.3, -0.25) is 0 Å². The van der Waals surface area contributed by atoms with E-state index in [0.29, 0.717) is 6.42 Å². The van der Waals surface area contributed by atoms with Crippen LogP contribution in [0.3, 0.4) is 0 Å². The molecule has 0 aromatic carbocycles. The van der Waals surface area contributed by atoms with Crippen molar-refractivity contribution >= 4 is 22.9 Å². The van der Waals surface area contributed by atoms with Gasteiger partial charge in [-0.1, -0.05) is 41.5 Å². The van der Waals surface area contributed by atoms with Crippen LogP contribution < -0.4 is 0 Å². The molecule has 0 heterocycles. The van der Waals surface area contributed by atoms with E-state index in [1.165, 1.54) is 0 Å². The summed E-state index contributed by atoms with van der Waals surface area (Å²) >= 11 is 0. The Morgan fingerprint density at radius 3 is 1.67 bits per heavy atom. The summed E-state index contributed by atoms with van der Waals surface area (Å²) < 4.78 is 13.3. The van der Waals surface area contributed by atoms with Crippen LogP contribution in [-0.4, -0.2) is 35.1 Å². The van der Waals surface area contributed by atoms with Crippen LogP contribution in [0.5, 0.6) is 0 Å². The van der Waals surface area contributed by atoms with Crippen LogP contribution in [-0.2, 0) is 13.6 Å². The van der Waals surface area contributed by atoms with Crippen molar-refractivity contribution in [2.75, 3.05) is 0 Å². The molecule has 3 nitrogen and oxygen atoms in total. The second kappa shape index (κ2) is 8.61. The molecule has 5 heteroatoms. The number of carbonyl (C=O) groups is 1. The fourth-order valence-electron chi connectivity index (χ4n) is 2.06. The topological polar surface area (TPSA) is 35.5 Å². The summed E-state index contributed by atoms with van der Waals surface area (Å²) in [4.78, 5) is 10.7. The molecule has 0 saturated heterocycles. The number of hydrogen-bond acceptors (Lipinski definition) is 3. The zero-order valence-electron chi connectivity index (χ0n) is 18.1. The zero-order valence-corrected chi connectivity index (χ0v) is 20.1. The van der Waals surface area contributed by atoms with Crippen molar-refractivity contribution in [2.24, 2.45) is 0 Å². The van der Waals surface area contributed by atoms with Crippen LogP contribution >= 0.6 is 0 Å². The second-order valence-corrected chi connectivity index (χ2v) is 19.6. The summed E-state index contributed by atoms with van der Waals surface area (Å²) in [7, 11) is -3.70. The van der Waals surface area contributed by atoms with Crippen LogP contribution in [0.4, 0.5) is 0 Å². The van der Waals surface area contributed by atoms with Crippen LogP contribution in [0.1, 0.15) is 67.7 Å². The van der Waals surface area contributed by atoms with E-state index >= 15 is 0 Å². The number of hydrogen-bond donors (Lipinski definition) is 0. The van der Waals surface area contributed by atoms with Gasteiger partial charge in [0.15, 0.2) is 16.6 Å². The number of aldehydes is 1. The maximum absolute atomic E-state index is 10.7. The number of rotatable bonds is 9. The van der Waals surface area contributed by atoms with Gasteiger partial charge in [0.2, 0.25) is 0 Å². The van der Waals surface area contributed by atoms with Crippen molar-refractivity contribution in [1.29, 1.82) is 0 Å². The molecular formula is C19H42O3Si2. The third kappa shape index (κ3) is 7.10. The van der Waals surface area contributed by atoms with E-state index in [1.807, 2.05) is 0 Å². The lowest BCUT2D eigenvalue weighted by Crippen LogP contribution is -2.51. The minimum atomic E-state index is -1.87. The summed E-state index contributed by atoms with van der Waals surface area (Å²) in [5.41, 5.74) is 0. The van der Waals surface area contributed by atoms with Crippen molar-refractivity contribution in [3.8, 4) is 0 Å². The van der Waals surface area contributed by atoms with Crippen LogP contribution in [0.25, 0.3) is 0 Å². The first-order chi connectivity index (χ1) is 10.5. The first kappa shape index (κ1) is 24.0. The maximum Gasteiger partial charge on any atom is 0.192 e. The molecule has 144 valence electrons. The molecule has 0 bridgehead atoms. The van der Waals surface area contributed by atoms with E-state index in [1.54, 1.807) is 0 Å². The van der Waals surface area contributed by atoms with Crippen molar-refractivity contribution < 1.29 is 13.6 Å². The molecule has 24 heavy (non-hydrogen) atoms. The fraction of sp³-hybridized carbons (Fsp3) is 0.947. The molecule has 0 radical (unpaired) electrons. The molecule has 0 saturated carbocycles. The Bertz CT molecular complexity index is 392. The average Bonchev–Trinajstić information content (AvgIpc) is 2.34. The molecule has 0 aliphatic heterocycles. The van der Waals surface area contributed by atoms with Crippen molar-refractivity contribution in [3.63, 3.8) is 0 Å². The Kier molecular flexibility index (Phi) is 8.61. The number of carbonyl (C=O) groups excluding carboxylic acids is 1. The first-order valence-electron chi connectivity index (χ1n) is 9.34. The van der Waals surface area contributed by atoms with Gasteiger partial charge in [-0.2, -0.15) is 0 Å².